The average Bonchev–Trinajstić information content (AvgIpc) is 3.13. The van der Waals surface area contributed by atoms with Gasteiger partial charge in [0.2, 0.25) is 0 Å². The summed E-state index contributed by atoms with van der Waals surface area (Å²) >= 11 is 0. The molecule has 2 amide bonds. The van der Waals surface area contributed by atoms with Gasteiger partial charge < -0.3 is 19.5 Å². The van der Waals surface area contributed by atoms with E-state index in [-0.39, 0.29) is 12.5 Å². The Morgan fingerprint density at radius 3 is 1.84 bits per heavy atom. The minimum Gasteiger partial charge on any atom is -0.548 e. The quantitative estimate of drug-likeness (QED) is 0.750. The number of ether oxygens (including phenoxy) is 1. The number of carboxylic acid groups (broad SMARTS) is 1. The number of carbonyl (C=O) groups is 3. The van der Waals surface area contributed by atoms with E-state index in [2.05, 4.69) is 0 Å². The van der Waals surface area contributed by atoms with Crippen molar-refractivity contribution in [2.24, 2.45) is 0 Å². The number of hydrogen-bond donors (Lipinski definition) is 0. The molecule has 2 aromatic carbocycles. The summed E-state index contributed by atoms with van der Waals surface area (Å²) in [6.45, 7) is 4.49. The summed E-state index contributed by atoms with van der Waals surface area (Å²) in [6.07, 6.45) is 0.679. The fourth-order valence-corrected chi connectivity index (χ4v) is 4.32. The number of hydrogen-bond acceptors (Lipinski definition) is 5. The van der Waals surface area contributed by atoms with Gasteiger partial charge in [0.05, 0.1) is 18.6 Å². The molecule has 1 atom stereocenters. The van der Waals surface area contributed by atoms with Crippen LogP contribution in [0.25, 0.3) is 0 Å². The Morgan fingerprint density at radius 1 is 0.871 bits per heavy atom. The molecule has 0 unspecified atom stereocenters. The van der Waals surface area contributed by atoms with Crippen molar-refractivity contribution in [1.82, 2.24) is 9.80 Å². The van der Waals surface area contributed by atoms with E-state index in [1.165, 1.54) is 4.90 Å². The lowest BCUT2D eigenvalue weighted by Gasteiger charge is -2.45. The summed E-state index contributed by atoms with van der Waals surface area (Å²) in [7, 11) is 0. The van der Waals surface area contributed by atoms with Crippen LogP contribution in [-0.4, -0.2) is 59.0 Å². The minimum absolute atomic E-state index is 0.0827. The maximum atomic E-state index is 13.3. The van der Waals surface area contributed by atoms with Crippen LogP contribution >= 0.6 is 0 Å². The second kappa shape index (κ2) is 8.15. The Morgan fingerprint density at radius 2 is 1.35 bits per heavy atom. The molecule has 0 radical (unpaired) electrons. The van der Waals surface area contributed by atoms with Gasteiger partial charge in [0.15, 0.2) is 0 Å². The lowest BCUT2D eigenvalue weighted by atomic mass is 9.96. The molecule has 7 heteroatoms. The molecular weight excluding hydrogens is 396 g/mol. The molecule has 31 heavy (non-hydrogen) atoms. The molecule has 2 aromatic rings. The summed E-state index contributed by atoms with van der Waals surface area (Å²) in [5.74, 6) is -1.82. The second-order valence-electron chi connectivity index (χ2n) is 8.29. The topological polar surface area (TPSA) is 90.0 Å². The Balaban J connectivity index is 1.55. The van der Waals surface area contributed by atoms with Gasteiger partial charge in [-0.3, -0.25) is 14.5 Å². The van der Waals surface area contributed by atoms with Crippen molar-refractivity contribution in [3.8, 4) is 0 Å². The number of amides is 2. The molecule has 1 spiro atoms. The standard InChI is InChI=1S/C24H26N2O5/c1-16-3-7-18(8-4-16)21(27)25-13-11-24(12-14-25)26(20(15-31-24)23(29)30)22(28)19-9-5-17(2)6-10-19/h3-10,20H,11-15H2,1-2H3,(H,29,30)/p-1/t20-/m1/s1. The number of carbonyl (C=O) groups excluding carboxylic acids is 3. The van der Waals surface area contributed by atoms with Gasteiger partial charge in [-0.25, -0.2) is 0 Å². The predicted molar refractivity (Wildman–Crippen MR) is 111 cm³/mol. The first-order valence-corrected chi connectivity index (χ1v) is 10.4. The van der Waals surface area contributed by atoms with Crippen LogP contribution in [0.3, 0.4) is 0 Å². The summed E-state index contributed by atoms with van der Waals surface area (Å²) in [6, 6.07) is 13.2. The van der Waals surface area contributed by atoms with E-state index in [1.54, 1.807) is 29.2 Å². The van der Waals surface area contributed by atoms with E-state index in [1.807, 2.05) is 38.1 Å². The first-order chi connectivity index (χ1) is 14.8. The number of piperidine rings is 1. The molecule has 2 aliphatic rings. The van der Waals surface area contributed by atoms with Crippen LogP contribution in [0.4, 0.5) is 0 Å². The van der Waals surface area contributed by atoms with Crippen molar-refractivity contribution >= 4 is 17.8 Å². The van der Waals surface area contributed by atoms with Gasteiger partial charge >= 0.3 is 0 Å². The third-order valence-corrected chi connectivity index (χ3v) is 6.18. The van der Waals surface area contributed by atoms with Crippen LogP contribution in [0.2, 0.25) is 0 Å². The molecular formula is C24H25N2O5-. The maximum absolute atomic E-state index is 13.3. The van der Waals surface area contributed by atoms with Crippen molar-refractivity contribution in [1.29, 1.82) is 0 Å². The lowest BCUT2D eigenvalue weighted by molar-refractivity contribution is -0.310. The summed E-state index contributed by atoms with van der Waals surface area (Å²) in [4.78, 5) is 41.0. The number of carboxylic acids is 1. The van der Waals surface area contributed by atoms with Crippen molar-refractivity contribution in [3.63, 3.8) is 0 Å². The van der Waals surface area contributed by atoms with Crippen molar-refractivity contribution in [2.75, 3.05) is 19.7 Å². The van der Waals surface area contributed by atoms with Crippen LogP contribution in [0.5, 0.6) is 0 Å². The van der Waals surface area contributed by atoms with Crippen LogP contribution in [0, 0.1) is 13.8 Å². The number of aliphatic carboxylic acids is 1. The monoisotopic (exact) mass is 421 g/mol. The van der Waals surface area contributed by atoms with Crippen molar-refractivity contribution < 1.29 is 24.2 Å². The zero-order valence-corrected chi connectivity index (χ0v) is 17.7. The molecule has 0 N–H and O–H groups in total. The number of likely N-dealkylation sites (tertiary alicyclic amines) is 1. The molecule has 162 valence electrons. The summed E-state index contributed by atoms with van der Waals surface area (Å²) in [5, 5.41) is 11.8. The van der Waals surface area contributed by atoms with Crippen LogP contribution in [-0.2, 0) is 9.53 Å². The Bertz CT molecular complexity index is 992. The summed E-state index contributed by atoms with van der Waals surface area (Å²) < 4.78 is 5.93. The highest BCUT2D eigenvalue weighted by Crippen LogP contribution is 2.38. The van der Waals surface area contributed by atoms with Crippen LogP contribution < -0.4 is 5.11 Å². The van der Waals surface area contributed by atoms with Crippen molar-refractivity contribution in [3.05, 3.63) is 70.8 Å². The molecule has 2 aliphatic heterocycles. The van der Waals surface area contributed by atoms with E-state index in [4.69, 9.17) is 4.74 Å². The van der Waals surface area contributed by atoms with Gasteiger partial charge in [0.25, 0.3) is 11.8 Å². The van der Waals surface area contributed by atoms with E-state index < -0.39 is 23.6 Å². The lowest BCUT2D eigenvalue weighted by Crippen LogP contribution is -2.60. The number of benzene rings is 2. The Labute approximate surface area is 181 Å². The number of aryl methyl sites for hydroxylation is 2. The van der Waals surface area contributed by atoms with Gasteiger partial charge in [0.1, 0.15) is 5.72 Å². The van der Waals surface area contributed by atoms with Gasteiger partial charge in [0, 0.05) is 37.1 Å². The highest BCUT2D eigenvalue weighted by Gasteiger charge is 2.52. The molecule has 0 saturated carbocycles. The zero-order valence-electron chi connectivity index (χ0n) is 17.7. The van der Waals surface area contributed by atoms with Gasteiger partial charge in [-0.2, -0.15) is 0 Å². The molecule has 2 saturated heterocycles. The maximum Gasteiger partial charge on any atom is 0.256 e. The Hall–Kier alpha value is -3.19. The van der Waals surface area contributed by atoms with Crippen molar-refractivity contribution in [2.45, 2.75) is 38.5 Å². The highest BCUT2D eigenvalue weighted by atomic mass is 16.5. The molecule has 0 aliphatic carbocycles. The molecule has 0 aromatic heterocycles. The van der Waals surface area contributed by atoms with Gasteiger partial charge in [-0.05, 0) is 38.1 Å². The Kier molecular flexibility index (Phi) is 5.54. The normalized spacial score (nSPS) is 20.1. The second-order valence-corrected chi connectivity index (χ2v) is 8.29. The number of rotatable bonds is 3. The highest BCUT2D eigenvalue weighted by molar-refractivity contribution is 5.97. The SMILES string of the molecule is Cc1ccc(C(=O)N2CCC3(CC2)OC[C@H](C(=O)[O-])N3C(=O)c2ccc(C)cc2)cc1. The molecule has 0 bridgehead atoms. The van der Waals surface area contributed by atoms with E-state index >= 15 is 0 Å². The molecule has 2 heterocycles. The largest absolute Gasteiger partial charge is 0.548 e. The van der Waals surface area contributed by atoms with E-state index in [9.17, 15) is 19.5 Å². The third-order valence-electron chi connectivity index (χ3n) is 6.18. The fourth-order valence-electron chi connectivity index (χ4n) is 4.32. The number of nitrogens with zero attached hydrogens (tertiary/aromatic N) is 2. The fraction of sp³-hybridized carbons (Fsp3) is 0.375. The van der Waals surface area contributed by atoms with Gasteiger partial charge in [-0.15, -0.1) is 0 Å². The molecule has 2 fully saturated rings. The predicted octanol–water partition coefficient (Wildman–Crippen LogP) is 1.53. The first-order valence-electron chi connectivity index (χ1n) is 10.4. The van der Waals surface area contributed by atoms with Gasteiger partial charge in [-0.1, -0.05) is 35.4 Å². The van der Waals surface area contributed by atoms with E-state index in [0.717, 1.165) is 11.1 Å². The third kappa shape index (κ3) is 3.93. The zero-order chi connectivity index (χ0) is 22.2. The molecule has 4 rings (SSSR count). The van der Waals surface area contributed by atoms with E-state index in [0.29, 0.717) is 37.1 Å². The van der Waals surface area contributed by atoms with Crippen LogP contribution in [0.1, 0.15) is 44.7 Å². The average molecular weight is 421 g/mol. The summed E-state index contributed by atoms with van der Waals surface area (Å²) in [5.41, 5.74) is 2.03. The van der Waals surface area contributed by atoms with Crippen LogP contribution in [0.15, 0.2) is 48.5 Å². The molecule has 7 nitrogen and oxygen atoms in total. The smallest absolute Gasteiger partial charge is 0.256 e. The first kappa shape index (κ1) is 21.1. The minimum atomic E-state index is -1.34.